The van der Waals surface area contributed by atoms with Crippen molar-refractivity contribution in [3.8, 4) is 0 Å². The summed E-state index contributed by atoms with van der Waals surface area (Å²) in [6.45, 7) is 4.17. The van der Waals surface area contributed by atoms with Gasteiger partial charge in [-0.3, -0.25) is 0 Å². The molecule has 2 bridgehead atoms. The first-order valence-electron chi connectivity index (χ1n) is 8.68. The van der Waals surface area contributed by atoms with Gasteiger partial charge in [-0.1, -0.05) is 19.3 Å². The van der Waals surface area contributed by atoms with Gasteiger partial charge in [0.15, 0.2) is 0 Å². The Morgan fingerprint density at radius 2 is 1.80 bits per heavy atom. The first kappa shape index (κ1) is 14.8. The Kier molecular flexibility index (Phi) is 4.97. The fourth-order valence-corrected chi connectivity index (χ4v) is 4.51. The Hall–Kier alpha value is -0.160. The van der Waals surface area contributed by atoms with Crippen molar-refractivity contribution in [2.24, 2.45) is 5.92 Å². The second kappa shape index (κ2) is 6.73. The number of aliphatic hydroxyl groups is 1. The van der Waals surface area contributed by atoms with E-state index in [4.69, 9.17) is 0 Å². The van der Waals surface area contributed by atoms with E-state index in [1.54, 1.807) is 0 Å². The summed E-state index contributed by atoms with van der Waals surface area (Å²) in [4.78, 5) is 0. The van der Waals surface area contributed by atoms with Crippen molar-refractivity contribution < 1.29 is 5.11 Å². The molecule has 20 heavy (non-hydrogen) atoms. The zero-order valence-corrected chi connectivity index (χ0v) is 12.7. The lowest BCUT2D eigenvalue weighted by Gasteiger charge is -2.48. The summed E-state index contributed by atoms with van der Waals surface area (Å²) in [6, 6.07) is 0.982. The molecule has 0 aromatic rings. The Labute approximate surface area is 123 Å². The van der Waals surface area contributed by atoms with Crippen LogP contribution in [0.3, 0.4) is 0 Å². The predicted molar refractivity (Wildman–Crippen MR) is 81.8 cm³/mol. The molecule has 0 radical (unpaired) electrons. The van der Waals surface area contributed by atoms with Crippen molar-refractivity contribution in [1.82, 2.24) is 16.0 Å². The molecule has 0 spiro atoms. The predicted octanol–water partition coefficient (Wildman–Crippen LogP) is 1.00. The first-order valence-corrected chi connectivity index (χ1v) is 8.68. The van der Waals surface area contributed by atoms with Crippen molar-refractivity contribution in [2.45, 2.75) is 69.1 Å². The topological polar surface area (TPSA) is 56.3 Å². The summed E-state index contributed by atoms with van der Waals surface area (Å²) in [7, 11) is 0. The molecule has 116 valence electrons. The molecule has 3 fully saturated rings. The molecular weight excluding hydrogens is 250 g/mol. The van der Waals surface area contributed by atoms with Gasteiger partial charge in [0.2, 0.25) is 0 Å². The minimum atomic E-state index is -0.450. The number of rotatable bonds is 0. The minimum Gasteiger partial charge on any atom is -0.389 e. The smallest absolute Gasteiger partial charge is 0.0718 e. The second-order valence-electron chi connectivity index (χ2n) is 7.07. The lowest BCUT2D eigenvalue weighted by molar-refractivity contribution is -0.0760. The van der Waals surface area contributed by atoms with Crippen LogP contribution in [0.4, 0.5) is 0 Å². The number of nitrogens with one attached hydrogen (secondary N) is 3. The Morgan fingerprint density at radius 1 is 0.900 bits per heavy atom. The number of piperidine rings is 2. The average Bonchev–Trinajstić information content (AvgIpc) is 2.46. The minimum absolute atomic E-state index is 0.424. The van der Waals surface area contributed by atoms with E-state index in [1.807, 2.05) is 0 Å². The molecule has 0 aromatic carbocycles. The van der Waals surface area contributed by atoms with Crippen LogP contribution in [-0.4, -0.2) is 49.0 Å². The van der Waals surface area contributed by atoms with E-state index in [2.05, 4.69) is 16.0 Å². The normalized spacial score (nSPS) is 44.0. The molecule has 0 saturated carbocycles. The van der Waals surface area contributed by atoms with Crippen LogP contribution in [0.1, 0.15) is 51.4 Å². The molecule has 3 aliphatic heterocycles. The van der Waals surface area contributed by atoms with E-state index < -0.39 is 5.60 Å². The van der Waals surface area contributed by atoms with Gasteiger partial charge >= 0.3 is 0 Å². The maximum Gasteiger partial charge on any atom is 0.0718 e. The summed E-state index contributed by atoms with van der Waals surface area (Å²) in [5, 5.41) is 22.1. The van der Waals surface area contributed by atoms with Crippen molar-refractivity contribution in [2.75, 3.05) is 26.2 Å². The van der Waals surface area contributed by atoms with Crippen molar-refractivity contribution in [3.63, 3.8) is 0 Å². The monoisotopic (exact) mass is 281 g/mol. The molecular formula is C16H31N3O. The summed E-state index contributed by atoms with van der Waals surface area (Å²) in [5.41, 5.74) is -0.450. The molecule has 4 heteroatoms. The van der Waals surface area contributed by atoms with Gasteiger partial charge in [0.05, 0.1) is 5.60 Å². The zero-order chi connectivity index (χ0) is 13.8. The quantitative estimate of drug-likeness (QED) is 0.535. The van der Waals surface area contributed by atoms with Crippen molar-refractivity contribution >= 4 is 0 Å². The summed E-state index contributed by atoms with van der Waals surface area (Å²) >= 11 is 0. The summed E-state index contributed by atoms with van der Waals surface area (Å²) in [5.74, 6) is 0.424. The molecule has 4 N–H and O–H groups in total. The van der Waals surface area contributed by atoms with Crippen LogP contribution >= 0.6 is 0 Å². The van der Waals surface area contributed by atoms with Gasteiger partial charge in [0.1, 0.15) is 0 Å². The van der Waals surface area contributed by atoms with Crippen molar-refractivity contribution in [3.05, 3.63) is 0 Å². The first-order chi connectivity index (χ1) is 9.78. The standard InChI is InChI=1S/C16H31N3O/c20-16-7-10-18-13(11-16)5-3-1-2-4-8-19-15-12-17-9-6-14(15)16/h13-15,17-20H,1-12H2. The third kappa shape index (κ3) is 3.35. The van der Waals surface area contributed by atoms with E-state index >= 15 is 0 Å². The highest BCUT2D eigenvalue weighted by Crippen LogP contribution is 2.36. The van der Waals surface area contributed by atoms with Gasteiger partial charge in [0.25, 0.3) is 0 Å². The van der Waals surface area contributed by atoms with Gasteiger partial charge in [-0.2, -0.15) is 0 Å². The Balaban J connectivity index is 1.74. The van der Waals surface area contributed by atoms with Crippen LogP contribution in [0.25, 0.3) is 0 Å². The van der Waals surface area contributed by atoms with Crippen LogP contribution in [0.15, 0.2) is 0 Å². The summed E-state index contributed by atoms with van der Waals surface area (Å²) < 4.78 is 0. The maximum absolute atomic E-state index is 11.3. The van der Waals surface area contributed by atoms with E-state index in [9.17, 15) is 5.11 Å². The molecule has 0 aliphatic carbocycles. The van der Waals surface area contributed by atoms with Crippen LogP contribution < -0.4 is 16.0 Å². The average molecular weight is 281 g/mol. The third-order valence-electron chi connectivity index (χ3n) is 5.65. The fourth-order valence-electron chi connectivity index (χ4n) is 4.51. The molecule has 3 saturated heterocycles. The van der Waals surface area contributed by atoms with E-state index in [0.29, 0.717) is 18.0 Å². The van der Waals surface area contributed by atoms with E-state index in [-0.39, 0.29) is 0 Å². The van der Waals surface area contributed by atoms with Gasteiger partial charge in [-0.05, 0) is 51.7 Å². The maximum atomic E-state index is 11.3. The highest BCUT2D eigenvalue weighted by Gasteiger charge is 2.45. The van der Waals surface area contributed by atoms with Gasteiger partial charge < -0.3 is 21.1 Å². The third-order valence-corrected chi connectivity index (χ3v) is 5.65. The Morgan fingerprint density at radius 3 is 2.75 bits per heavy atom. The van der Waals surface area contributed by atoms with Gasteiger partial charge in [-0.25, -0.2) is 0 Å². The van der Waals surface area contributed by atoms with Gasteiger partial charge in [-0.15, -0.1) is 0 Å². The van der Waals surface area contributed by atoms with Crippen LogP contribution in [-0.2, 0) is 0 Å². The van der Waals surface area contributed by atoms with Crippen LogP contribution in [0.2, 0.25) is 0 Å². The lowest BCUT2D eigenvalue weighted by Crippen LogP contribution is -2.61. The fraction of sp³-hybridized carbons (Fsp3) is 1.00. The molecule has 3 heterocycles. The molecule has 3 rings (SSSR count). The highest BCUT2D eigenvalue weighted by atomic mass is 16.3. The molecule has 4 unspecified atom stereocenters. The number of fused-ring (bicyclic) bond motifs is 4. The molecule has 4 atom stereocenters. The Bertz CT molecular complexity index is 312. The summed E-state index contributed by atoms with van der Waals surface area (Å²) in [6.07, 6.45) is 9.50. The van der Waals surface area contributed by atoms with E-state index in [0.717, 1.165) is 45.4 Å². The van der Waals surface area contributed by atoms with E-state index in [1.165, 1.54) is 32.1 Å². The van der Waals surface area contributed by atoms with Crippen LogP contribution in [0.5, 0.6) is 0 Å². The largest absolute Gasteiger partial charge is 0.389 e. The van der Waals surface area contributed by atoms with Crippen LogP contribution in [0, 0.1) is 5.92 Å². The highest BCUT2D eigenvalue weighted by molar-refractivity contribution is 5.01. The van der Waals surface area contributed by atoms with Gasteiger partial charge in [0, 0.05) is 24.5 Å². The SMILES string of the molecule is OC12CCNC(CCCCCCNC3CNCCC31)C2. The molecule has 3 aliphatic rings. The zero-order valence-electron chi connectivity index (χ0n) is 12.7. The lowest BCUT2D eigenvalue weighted by atomic mass is 9.70. The molecule has 4 nitrogen and oxygen atoms in total. The second-order valence-corrected chi connectivity index (χ2v) is 7.07. The number of hydrogen-bond donors (Lipinski definition) is 4. The van der Waals surface area contributed by atoms with Crippen molar-refractivity contribution in [1.29, 1.82) is 0 Å². The molecule has 0 amide bonds. The molecule has 0 aromatic heterocycles. The number of hydrogen-bond acceptors (Lipinski definition) is 4.